The monoisotopic (exact) mass is 1600 g/mol. The maximum absolute atomic E-state index is 13.3. The van der Waals surface area contributed by atoms with Gasteiger partial charge in [0.05, 0.1) is 37.8 Å². The molecule has 7 atom stereocenters. The summed E-state index contributed by atoms with van der Waals surface area (Å²) in [5.41, 5.74) is 1.44. The highest BCUT2D eigenvalue weighted by atomic mass is 32.2. The highest BCUT2D eigenvalue weighted by Gasteiger charge is 2.64. The number of carbonyl (C=O) groups is 5. The summed E-state index contributed by atoms with van der Waals surface area (Å²) in [7, 11) is -5.21. The van der Waals surface area contributed by atoms with E-state index in [-0.39, 0.29) is 69.5 Å². The summed E-state index contributed by atoms with van der Waals surface area (Å²) in [6, 6.07) is 61.6. The van der Waals surface area contributed by atoms with E-state index < -0.39 is 61.9 Å². The maximum Gasteiger partial charge on any atom is 0.426 e. The number of aromatic hydroxyl groups is 1. The van der Waals surface area contributed by atoms with Crippen molar-refractivity contribution in [2.24, 2.45) is 39.9 Å². The molecule has 0 spiro atoms. The first-order valence-electron chi connectivity index (χ1n) is 40.6. The smallest absolute Gasteiger partial charge is 0.426 e. The fraction of sp³-hybridized carbons (Fsp3) is 0.484. The van der Waals surface area contributed by atoms with Crippen LogP contribution >= 0.6 is 10.5 Å². The molecule has 7 aliphatic rings. The standard InChI is InChI=1S/C20H29F3O7S.C18H13S.C17H24O2.C16H24O.C14H13NO2.C10H14O/c1-4-17(2,3)15(24)30-19-8-12-5-13(9-19)7-18(6-12,11-19)16(25)29-14(20(21,22)23)10-31(26,27)28;1-2-8-14(9-3-1)19-17-12-6-4-10-15(17)16-11-5-7-13-18(16)19;1-4-16(2,3)15(18)19-17(12-8-9-13-17)14-10-6-5-7-11-14;1-4-13(2)14-7-9-15(10-8-14)17-16(3)11-5-6-12-16;1-4-11-5-7-12(8-6-11)15-13(16)9(2)10(3)14(15)17;1-3-8(2)9-5-4-6-10(11)7-9/h12-14H,4-11H2,1-3H3,(H,26,27,28);1-13H;5-7,10-11H,4,8-9,12-13H2,1-3H3;7-10,13H,4-6,11-12H2,1-3H3;1,5-10H,2-3H3;4-8,11H,3H2,1-2H3/q;+1;;;;/p-1. The highest BCUT2D eigenvalue weighted by molar-refractivity contribution is 7.85. The minimum atomic E-state index is -5.27. The van der Waals surface area contributed by atoms with Gasteiger partial charge in [-0.2, -0.15) is 13.2 Å². The number of esters is 3. The molecule has 6 aliphatic carbocycles. The number of fused-ring (bicyclic) bond motifs is 3. The van der Waals surface area contributed by atoms with Gasteiger partial charge in [0, 0.05) is 45.1 Å². The number of phenolic OH excluding ortho intramolecular Hbond substituents is 1. The lowest BCUT2D eigenvalue weighted by Gasteiger charge is -2.60. The molecule has 7 aromatic carbocycles. The van der Waals surface area contributed by atoms with Crippen molar-refractivity contribution in [1.29, 1.82) is 0 Å². The molecule has 1 N–H and O–H groups in total. The molecule has 19 heteroatoms. The summed E-state index contributed by atoms with van der Waals surface area (Å²) in [5.74, 6) is 0.771. The number of ether oxygens (including phenoxy) is 4. The second-order valence-electron chi connectivity index (χ2n) is 33.8. The molecule has 8 aromatic rings. The highest BCUT2D eigenvalue weighted by Crippen LogP contribution is 2.64. The van der Waals surface area contributed by atoms with Crippen LogP contribution in [0.1, 0.15) is 240 Å². The van der Waals surface area contributed by atoms with Gasteiger partial charge in [-0.1, -0.05) is 158 Å². The quantitative estimate of drug-likeness (QED) is 0.0200. The number of halogens is 3. The van der Waals surface area contributed by atoms with E-state index >= 15 is 0 Å². The molecule has 4 bridgehead atoms. The van der Waals surface area contributed by atoms with Crippen LogP contribution in [0, 0.1) is 52.3 Å². The van der Waals surface area contributed by atoms with Crippen LogP contribution in [-0.2, 0) is 53.9 Å². The van der Waals surface area contributed by atoms with Gasteiger partial charge in [0.25, 0.3) is 0 Å². The van der Waals surface area contributed by atoms with Crippen molar-refractivity contribution in [2.75, 3.05) is 10.7 Å². The Morgan fingerprint density at radius 3 is 1.60 bits per heavy atom. The lowest BCUT2D eigenvalue weighted by molar-refractivity contribution is -0.239. The van der Waals surface area contributed by atoms with Gasteiger partial charge in [0.2, 0.25) is 17.9 Å². The molecule has 612 valence electrons. The Morgan fingerprint density at radius 2 is 1.11 bits per heavy atom. The van der Waals surface area contributed by atoms with Crippen molar-refractivity contribution < 1.29 is 74.2 Å². The second kappa shape index (κ2) is 37.8. The number of anilines is 1. The minimum Gasteiger partial charge on any atom is -0.748 e. The Hall–Kier alpha value is -8.83. The van der Waals surface area contributed by atoms with Gasteiger partial charge in [0.15, 0.2) is 14.3 Å². The largest absolute Gasteiger partial charge is 0.748 e. The van der Waals surface area contributed by atoms with Crippen molar-refractivity contribution >= 4 is 76.2 Å². The number of imide groups is 1. The van der Waals surface area contributed by atoms with Crippen molar-refractivity contribution in [3.63, 3.8) is 0 Å². The van der Waals surface area contributed by atoms with Gasteiger partial charge in [-0.05, 0) is 269 Å². The number of terminal acetylenes is 1. The van der Waals surface area contributed by atoms with Crippen LogP contribution in [0.5, 0.6) is 11.5 Å². The molecule has 1 saturated heterocycles. The summed E-state index contributed by atoms with van der Waals surface area (Å²) < 4.78 is 98.1. The van der Waals surface area contributed by atoms with Crippen molar-refractivity contribution in [3.05, 3.63) is 204 Å². The van der Waals surface area contributed by atoms with Crippen LogP contribution in [0.25, 0.3) is 25.1 Å². The van der Waals surface area contributed by atoms with E-state index in [0.717, 1.165) is 61.8 Å². The van der Waals surface area contributed by atoms with Crippen molar-refractivity contribution in [2.45, 2.75) is 247 Å². The predicted octanol–water partition coefficient (Wildman–Crippen LogP) is 23.1. The molecule has 2 amide bonds. The summed E-state index contributed by atoms with van der Waals surface area (Å²) in [6.45, 7) is 25.9. The van der Waals surface area contributed by atoms with Crippen molar-refractivity contribution in [1.82, 2.24) is 0 Å². The number of phenols is 1. The van der Waals surface area contributed by atoms with Gasteiger partial charge in [-0.3, -0.25) is 28.9 Å². The molecule has 14 nitrogen and oxygen atoms in total. The van der Waals surface area contributed by atoms with E-state index in [9.17, 15) is 50.1 Å². The first kappa shape index (κ1) is 89.1. The number of hydrogen-bond donors (Lipinski definition) is 1. The molecule has 7 fully saturated rings. The zero-order valence-corrected chi connectivity index (χ0v) is 70.3. The number of hydrogen-bond acceptors (Lipinski definition) is 13. The van der Waals surface area contributed by atoms with Crippen LogP contribution < -0.4 is 9.64 Å². The molecule has 7 unspecified atom stereocenters. The first-order chi connectivity index (χ1) is 53.9. The van der Waals surface area contributed by atoms with Gasteiger partial charge in [-0.15, -0.1) is 6.42 Å². The molecule has 0 radical (unpaired) electrons. The predicted molar refractivity (Wildman–Crippen MR) is 447 cm³/mol. The van der Waals surface area contributed by atoms with E-state index in [2.05, 4.69) is 161 Å². The minimum absolute atomic E-state index is 0.00100. The zero-order valence-electron chi connectivity index (χ0n) is 68.6. The molecule has 6 saturated carbocycles. The average molecular weight is 1600 g/mol. The normalized spacial score (nSPS) is 21.9. The van der Waals surface area contributed by atoms with E-state index in [1.165, 1.54) is 73.2 Å². The summed E-state index contributed by atoms with van der Waals surface area (Å²) >= 11 is 0. The Morgan fingerprint density at radius 1 is 0.632 bits per heavy atom. The van der Waals surface area contributed by atoms with Crippen LogP contribution in [0.15, 0.2) is 182 Å². The molecule has 1 aliphatic heterocycles. The third-order valence-corrected chi connectivity index (χ3v) is 27.5. The first-order valence-corrected chi connectivity index (χ1v) is 43.4. The SMILES string of the molecule is C#Cc1ccc(N2C(=O)C(C)C(C)C2=O)cc1.CCC(C)(C)C(=O)OC1(c2ccccc2)CCCC1.CCC(C)(C)C(=O)OC12CC3CC(C1)CC(C(=O)OC(CS(=O)(=O)[O-])C(F)(F)F)(C3)C2.CCC(C)c1ccc(OC2(C)CCCC2)cc1.CCC(C)c1cccc(O)c1.c1ccc(-[s+]2c3ccccc3c3ccccc32)cc1. The summed E-state index contributed by atoms with van der Waals surface area (Å²) in [5, 5.41) is 11.9. The molecular formula is C95H116F3NO13S2. The fourth-order valence-corrected chi connectivity index (χ4v) is 19.5. The fourth-order valence-electron chi connectivity index (χ4n) is 16.5. The molecule has 2 heterocycles. The van der Waals surface area contributed by atoms with Crippen LogP contribution in [-0.4, -0.2) is 77.0 Å². The Labute approximate surface area is 676 Å². The van der Waals surface area contributed by atoms with Gasteiger partial charge >= 0.3 is 24.1 Å². The zero-order chi connectivity index (χ0) is 83.2. The molecule has 114 heavy (non-hydrogen) atoms. The number of benzene rings is 7. The van der Waals surface area contributed by atoms with Crippen LogP contribution in [0.2, 0.25) is 0 Å². The van der Waals surface area contributed by atoms with Crippen LogP contribution in [0.3, 0.4) is 0 Å². The van der Waals surface area contributed by atoms with E-state index in [1.807, 2.05) is 64.1 Å². The summed E-state index contributed by atoms with van der Waals surface area (Å²) in [6.07, 6.45) is 12.4. The van der Waals surface area contributed by atoms with E-state index in [0.29, 0.717) is 55.4 Å². The lowest BCUT2D eigenvalue weighted by atomic mass is 9.48. The second-order valence-corrected chi connectivity index (χ2v) is 37.3. The molecule has 1 aromatic heterocycles. The third kappa shape index (κ3) is 22.0. The van der Waals surface area contributed by atoms with Gasteiger partial charge in [0.1, 0.15) is 28.3 Å². The van der Waals surface area contributed by atoms with Gasteiger partial charge < -0.3 is 28.6 Å². The Kier molecular flexibility index (Phi) is 29.6. The number of thiophene rings is 1. The topological polar surface area (TPSA) is 203 Å². The lowest BCUT2D eigenvalue weighted by Crippen LogP contribution is -2.61. The number of carbonyl (C=O) groups excluding carboxylic acids is 5. The Balaban J connectivity index is 0.000000161. The maximum atomic E-state index is 13.3. The molecular weight excluding hydrogens is 1480 g/mol. The summed E-state index contributed by atoms with van der Waals surface area (Å²) in [4.78, 5) is 64.6. The number of rotatable bonds is 19. The molecule has 15 rings (SSSR count). The van der Waals surface area contributed by atoms with E-state index in [4.69, 9.17) is 25.7 Å². The third-order valence-electron chi connectivity index (χ3n) is 24.5. The number of alkyl halides is 3. The average Bonchev–Trinajstić information content (AvgIpc) is 1.10. The number of nitrogens with zero attached hydrogens (tertiary/aromatic N) is 1. The van der Waals surface area contributed by atoms with E-state index in [1.54, 1.807) is 58.0 Å². The van der Waals surface area contributed by atoms with Crippen LogP contribution in [0.4, 0.5) is 18.9 Å². The van der Waals surface area contributed by atoms with Crippen molar-refractivity contribution in [3.8, 4) is 28.7 Å². The Bertz CT molecular complexity index is 4640. The number of amides is 2. The van der Waals surface area contributed by atoms with Gasteiger partial charge in [-0.25, -0.2) is 8.42 Å².